The monoisotopic (exact) mass is 650 g/mol. The van der Waals surface area contributed by atoms with Crippen molar-refractivity contribution in [3.05, 3.63) is 64.5 Å². The molecule has 0 saturated carbocycles. The lowest BCUT2D eigenvalue weighted by atomic mass is 9.89. The molecule has 45 heavy (non-hydrogen) atoms. The lowest BCUT2D eigenvalue weighted by Gasteiger charge is -2.34. The highest BCUT2D eigenvalue weighted by atomic mass is 32.2. The third-order valence-electron chi connectivity index (χ3n) is 7.54. The lowest BCUT2D eigenvalue weighted by molar-refractivity contribution is -0.140. The lowest BCUT2D eigenvalue weighted by Crippen LogP contribution is -2.50. The van der Waals surface area contributed by atoms with Crippen molar-refractivity contribution >= 4 is 39.3 Å². The van der Waals surface area contributed by atoms with Gasteiger partial charge in [-0.3, -0.25) is 19.4 Å². The van der Waals surface area contributed by atoms with Crippen LogP contribution in [0.2, 0.25) is 0 Å². The van der Waals surface area contributed by atoms with Crippen molar-refractivity contribution in [3.8, 4) is 12.0 Å². The van der Waals surface area contributed by atoms with E-state index in [-0.39, 0.29) is 62.0 Å². The van der Waals surface area contributed by atoms with Gasteiger partial charge < -0.3 is 10.1 Å². The van der Waals surface area contributed by atoms with E-state index in [0.29, 0.717) is 17.8 Å². The molecule has 2 aliphatic heterocycles. The van der Waals surface area contributed by atoms with Crippen LogP contribution in [0.3, 0.4) is 0 Å². The van der Waals surface area contributed by atoms with Crippen LogP contribution in [-0.4, -0.2) is 67.3 Å². The van der Waals surface area contributed by atoms with E-state index in [1.165, 1.54) is 23.1 Å². The molecule has 2 heterocycles. The molecule has 1 N–H and O–H groups in total. The van der Waals surface area contributed by atoms with Crippen molar-refractivity contribution in [2.24, 2.45) is 4.99 Å². The molecule has 2 aromatic rings. The van der Waals surface area contributed by atoms with Gasteiger partial charge >= 0.3 is 12.1 Å². The van der Waals surface area contributed by atoms with Crippen LogP contribution in [0.4, 0.5) is 23.2 Å². The van der Waals surface area contributed by atoms with Crippen molar-refractivity contribution in [2.75, 3.05) is 30.3 Å². The van der Waals surface area contributed by atoms with Gasteiger partial charge in [0.25, 0.3) is 5.91 Å². The van der Waals surface area contributed by atoms with Crippen molar-refractivity contribution in [1.29, 1.82) is 0 Å². The van der Waals surface area contributed by atoms with Crippen LogP contribution in [0.5, 0.6) is 0 Å². The number of hydrogen-bond acceptors (Lipinski definition) is 7. The highest BCUT2D eigenvalue weighted by Gasteiger charge is 2.47. The van der Waals surface area contributed by atoms with Gasteiger partial charge in [-0.2, -0.15) is 13.2 Å². The number of piperidine rings is 1. The van der Waals surface area contributed by atoms with Gasteiger partial charge in [-0.05, 0) is 73.6 Å². The summed E-state index contributed by atoms with van der Waals surface area (Å²) >= 11 is 0. The summed E-state index contributed by atoms with van der Waals surface area (Å²) in [4.78, 5) is 41.4. The Morgan fingerprint density at radius 1 is 1.13 bits per heavy atom. The smallest absolute Gasteiger partial charge is 0.419 e. The first-order valence-electron chi connectivity index (χ1n) is 13.8. The number of carbonyl (C=O) groups is 3. The van der Waals surface area contributed by atoms with Crippen LogP contribution in [0.1, 0.15) is 48.9 Å². The van der Waals surface area contributed by atoms with Crippen LogP contribution >= 0.6 is 0 Å². The highest BCUT2D eigenvalue weighted by Crippen LogP contribution is 2.35. The van der Waals surface area contributed by atoms with E-state index < -0.39 is 45.0 Å². The van der Waals surface area contributed by atoms with Gasteiger partial charge in [-0.25, -0.2) is 22.0 Å². The maximum absolute atomic E-state index is 13.7. The number of alkyl halides is 3. The van der Waals surface area contributed by atoms with Crippen LogP contribution in [-0.2, 0) is 41.7 Å². The van der Waals surface area contributed by atoms with Crippen molar-refractivity contribution < 1.29 is 45.1 Å². The number of benzene rings is 2. The number of anilines is 1. The Labute approximate surface area is 257 Å². The molecule has 1 spiro atoms. The van der Waals surface area contributed by atoms with Gasteiger partial charge in [-0.1, -0.05) is 6.07 Å². The number of nitrogens with zero attached hydrogens (tertiary/aromatic N) is 3. The van der Waals surface area contributed by atoms with Gasteiger partial charge in [0.1, 0.15) is 17.2 Å². The topological polar surface area (TPSA) is 125 Å². The zero-order chi connectivity index (χ0) is 33.2. The second-order valence-corrected chi connectivity index (χ2v) is 12.7. The molecular formula is C30H30F4N4O6S. The summed E-state index contributed by atoms with van der Waals surface area (Å²) in [6.07, 6.45) is -4.73. The van der Waals surface area contributed by atoms with Crippen LogP contribution < -0.4 is 10.2 Å². The van der Waals surface area contributed by atoms with Gasteiger partial charge in [-0.15, -0.1) is 0 Å². The Morgan fingerprint density at radius 2 is 1.82 bits per heavy atom. The quantitative estimate of drug-likeness (QED) is 0.212. The summed E-state index contributed by atoms with van der Waals surface area (Å²) in [5.41, 5.74) is -1.00. The van der Waals surface area contributed by atoms with E-state index in [9.17, 15) is 40.4 Å². The van der Waals surface area contributed by atoms with Gasteiger partial charge in [0.2, 0.25) is 15.9 Å². The summed E-state index contributed by atoms with van der Waals surface area (Å²) < 4.78 is 85.7. The number of aliphatic imine (C=N–C) groups is 1. The molecule has 240 valence electrons. The average Bonchev–Trinajstić information content (AvgIpc) is 3.26. The molecule has 4 rings (SSSR count). The van der Waals surface area contributed by atoms with E-state index in [1.54, 1.807) is 25.1 Å². The van der Waals surface area contributed by atoms with Crippen molar-refractivity contribution in [2.45, 2.75) is 51.7 Å². The number of aryl methyl sites for hydroxylation is 2. The Kier molecular flexibility index (Phi) is 9.69. The standard InChI is InChI=1S/C30H30F4N4O6S/c1-19-17-24(38(20(2)39)12-4-15-44-21(3)40)7-5-22(19)9-16-45(42,43)37-13-10-29(11-14-37)28(41)35-27(36-29)23-6-8-26(31)25(18-23)30(32,33)34/h5-8,17-18H,9-11,13-16H2,1-3H3,(H,35,36,41). The van der Waals surface area contributed by atoms with E-state index in [2.05, 4.69) is 22.3 Å². The Morgan fingerprint density at radius 3 is 2.42 bits per heavy atom. The van der Waals surface area contributed by atoms with E-state index in [0.717, 1.165) is 17.2 Å². The summed E-state index contributed by atoms with van der Waals surface area (Å²) in [7, 11) is -3.76. The number of amides is 2. The fourth-order valence-electron chi connectivity index (χ4n) is 5.06. The number of ether oxygens (including phenoxy) is 1. The number of rotatable bonds is 7. The number of carbonyl (C=O) groups excluding carboxylic acids is 3. The average molecular weight is 651 g/mol. The molecule has 2 aliphatic rings. The fraction of sp³-hybridized carbons (Fsp3) is 0.400. The van der Waals surface area contributed by atoms with Crippen LogP contribution in [0.15, 0.2) is 41.4 Å². The van der Waals surface area contributed by atoms with E-state index in [4.69, 9.17) is 4.74 Å². The third kappa shape index (κ3) is 7.69. The zero-order valence-electron chi connectivity index (χ0n) is 24.6. The second-order valence-electron chi connectivity index (χ2n) is 10.6. The molecule has 1 saturated heterocycles. The number of sulfonamides is 1. The first kappa shape index (κ1) is 33.6. The molecule has 0 aromatic heterocycles. The minimum Gasteiger partial charge on any atom is -0.453 e. The predicted octanol–water partition coefficient (Wildman–Crippen LogP) is 3.31. The number of hydrogen-bond donors (Lipinski definition) is 1. The Hall–Kier alpha value is -4.29. The molecule has 2 amide bonds. The maximum atomic E-state index is 13.7. The highest BCUT2D eigenvalue weighted by molar-refractivity contribution is 7.89. The fourth-order valence-corrected chi connectivity index (χ4v) is 6.53. The molecule has 0 atom stereocenters. The first-order chi connectivity index (χ1) is 21.0. The third-order valence-corrected chi connectivity index (χ3v) is 9.41. The number of halogens is 4. The molecule has 2 aromatic carbocycles. The van der Waals surface area contributed by atoms with Crippen molar-refractivity contribution in [3.63, 3.8) is 0 Å². The molecule has 0 radical (unpaired) electrons. The summed E-state index contributed by atoms with van der Waals surface area (Å²) in [5.74, 6) is -0.629. The minimum atomic E-state index is -4.93. The normalized spacial score (nSPS) is 16.4. The number of esters is 1. The summed E-state index contributed by atoms with van der Waals surface area (Å²) in [6.45, 7) is 4.11. The molecule has 0 aliphatic carbocycles. The number of nitrogens with one attached hydrogen (secondary N) is 1. The van der Waals surface area contributed by atoms with Crippen LogP contribution in [0, 0.1) is 24.7 Å². The maximum Gasteiger partial charge on any atom is 0.419 e. The minimum absolute atomic E-state index is 0.0159. The zero-order valence-corrected chi connectivity index (χ0v) is 25.4. The number of amidine groups is 1. The Bertz CT molecular complexity index is 1720. The predicted molar refractivity (Wildman–Crippen MR) is 156 cm³/mol. The first-order valence-corrected chi connectivity index (χ1v) is 15.4. The SMILES string of the molecule is CC(=O)OCC#CN(C(C)=O)c1ccc(CCS(=O)(=O)N2CCC3(CC2)N=C(c2ccc(F)c(C(F)(F)F)c2)NC3=O)c(C)c1. The largest absolute Gasteiger partial charge is 0.453 e. The summed E-state index contributed by atoms with van der Waals surface area (Å²) in [5, 5.41) is 2.47. The molecule has 10 nitrogen and oxygen atoms in total. The second kappa shape index (κ2) is 13.0. The van der Waals surface area contributed by atoms with Gasteiger partial charge in [0, 0.05) is 38.5 Å². The van der Waals surface area contributed by atoms with Crippen molar-refractivity contribution in [1.82, 2.24) is 9.62 Å². The van der Waals surface area contributed by atoms with E-state index >= 15 is 0 Å². The van der Waals surface area contributed by atoms with E-state index in [1.807, 2.05) is 0 Å². The molecular weight excluding hydrogens is 620 g/mol. The van der Waals surface area contributed by atoms with Gasteiger partial charge in [0.15, 0.2) is 6.61 Å². The molecule has 1 fully saturated rings. The molecule has 0 bridgehead atoms. The Balaban J connectivity index is 1.40. The van der Waals surface area contributed by atoms with Crippen LogP contribution in [0.25, 0.3) is 0 Å². The molecule has 15 heteroatoms. The van der Waals surface area contributed by atoms with Gasteiger partial charge in [0.05, 0.1) is 17.0 Å². The molecule has 0 unspecified atom stereocenters. The summed E-state index contributed by atoms with van der Waals surface area (Å²) in [6, 6.07) is 10.0.